The van der Waals surface area contributed by atoms with Gasteiger partial charge in [0.15, 0.2) is 0 Å². The Morgan fingerprint density at radius 3 is 2.80 bits per heavy atom. The molecular formula is C11H14BrNO2. The zero-order chi connectivity index (χ0) is 10.8. The van der Waals surface area contributed by atoms with E-state index in [0.29, 0.717) is 11.7 Å². The summed E-state index contributed by atoms with van der Waals surface area (Å²) < 4.78 is 7.75. The number of carbonyl (C=O) groups is 1. The van der Waals surface area contributed by atoms with Gasteiger partial charge in [-0.1, -0.05) is 12.8 Å². The summed E-state index contributed by atoms with van der Waals surface area (Å²) in [4.78, 5) is 11.5. The number of hydrogen-bond donors (Lipinski definition) is 0. The van der Waals surface area contributed by atoms with Crippen molar-refractivity contribution in [3.05, 3.63) is 22.4 Å². The van der Waals surface area contributed by atoms with Crippen LogP contribution in [0.2, 0.25) is 0 Å². The van der Waals surface area contributed by atoms with Gasteiger partial charge in [0.25, 0.3) is 0 Å². The molecule has 0 amide bonds. The predicted octanol–water partition coefficient (Wildman–Crippen LogP) is 3.15. The Bertz CT molecular complexity index is 367. The minimum Gasteiger partial charge on any atom is -0.464 e. The topological polar surface area (TPSA) is 31.2 Å². The van der Waals surface area contributed by atoms with Crippen molar-refractivity contribution in [3.63, 3.8) is 0 Å². The molecule has 1 aromatic heterocycles. The lowest BCUT2D eigenvalue weighted by Crippen LogP contribution is -2.13. The summed E-state index contributed by atoms with van der Waals surface area (Å²) in [5.74, 6) is -0.257. The maximum absolute atomic E-state index is 11.5. The van der Waals surface area contributed by atoms with Crippen molar-refractivity contribution in [2.24, 2.45) is 0 Å². The molecule has 82 valence electrons. The normalized spacial score (nSPS) is 16.9. The van der Waals surface area contributed by atoms with Crippen LogP contribution >= 0.6 is 15.9 Å². The number of rotatable bonds is 2. The average molecular weight is 272 g/mol. The summed E-state index contributed by atoms with van der Waals surface area (Å²) in [5.41, 5.74) is 0.649. The van der Waals surface area contributed by atoms with Gasteiger partial charge in [-0.25, -0.2) is 4.79 Å². The Labute approximate surface area is 97.5 Å². The SMILES string of the molecule is COC(=O)c1cc(Br)cn1C1CCCC1. The molecule has 3 nitrogen and oxygen atoms in total. The van der Waals surface area contributed by atoms with Crippen molar-refractivity contribution in [1.82, 2.24) is 4.57 Å². The Kier molecular flexibility index (Phi) is 3.14. The van der Waals surface area contributed by atoms with Crippen LogP contribution < -0.4 is 0 Å². The van der Waals surface area contributed by atoms with Crippen molar-refractivity contribution in [2.75, 3.05) is 7.11 Å². The molecule has 2 rings (SSSR count). The third-order valence-corrected chi connectivity index (χ3v) is 3.36. The number of hydrogen-bond acceptors (Lipinski definition) is 2. The van der Waals surface area contributed by atoms with E-state index in [1.54, 1.807) is 0 Å². The zero-order valence-corrected chi connectivity index (χ0v) is 10.3. The summed E-state index contributed by atoms with van der Waals surface area (Å²) in [7, 11) is 1.42. The third-order valence-electron chi connectivity index (χ3n) is 2.93. The highest BCUT2D eigenvalue weighted by Gasteiger charge is 2.22. The second-order valence-corrected chi connectivity index (χ2v) is 4.80. The minimum absolute atomic E-state index is 0.257. The van der Waals surface area contributed by atoms with Gasteiger partial charge < -0.3 is 9.30 Å². The van der Waals surface area contributed by atoms with Crippen molar-refractivity contribution in [3.8, 4) is 0 Å². The van der Waals surface area contributed by atoms with Gasteiger partial charge in [0.2, 0.25) is 0 Å². The second-order valence-electron chi connectivity index (χ2n) is 3.88. The molecule has 0 N–H and O–H groups in total. The van der Waals surface area contributed by atoms with Crippen LogP contribution in [0.25, 0.3) is 0 Å². The van der Waals surface area contributed by atoms with Gasteiger partial charge in [0.1, 0.15) is 5.69 Å². The first kappa shape index (κ1) is 10.7. The second kappa shape index (κ2) is 4.39. The molecular weight excluding hydrogens is 258 g/mol. The maximum Gasteiger partial charge on any atom is 0.354 e. The lowest BCUT2D eigenvalue weighted by molar-refractivity contribution is 0.0586. The molecule has 1 aliphatic rings. The molecule has 1 fully saturated rings. The number of carbonyl (C=O) groups excluding carboxylic acids is 1. The number of halogens is 1. The first-order valence-corrected chi connectivity index (χ1v) is 5.97. The number of nitrogens with zero attached hydrogens (tertiary/aromatic N) is 1. The van der Waals surface area contributed by atoms with Crippen LogP contribution in [-0.2, 0) is 4.74 Å². The van der Waals surface area contributed by atoms with E-state index in [4.69, 9.17) is 4.74 Å². The Balaban J connectivity index is 2.32. The molecule has 1 aromatic rings. The first-order valence-electron chi connectivity index (χ1n) is 5.18. The molecule has 1 heterocycles. The summed E-state index contributed by atoms with van der Waals surface area (Å²) in [6.45, 7) is 0. The number of esters is 1. The van der Waals surface area contributed by atoms with Gasteiger partial charge in [-0.2, -0.15) is 0 Å². The van der Waals surface area contributed by atoms with Gasteiger partial charge in [-0.15, -0.1) is 0 Å². The van der Waals surface area contributed by atoms with E-state index < -0.39 is 0 Å². The Hall–Kier alpha value is -0.770. The van der Waals surface area contributed by atoms with E-state index in [1.165, 1.54) is 20.0 Å². The average Bonchev–Trinajstić information content (AvgIpc) is 2.84. The lowest BCUT2D eigenvalue weighted by Gasteiger charge is -2.14. The quantitative estimate of drug-likeness (QED) is 0.774. The van der Waals surface area contributed by atoms with Gasteiger partial charge in [-0.05, 0) is 34.8 Å². The number of aromatic nitrogens is 1. The molecule has 4 heteroatoms. The van der Waals surface area contributed by atoms with Crippen molar-refractivity contribution < 1.29 is 9.53 Å². The molecule has 1 aliphatic carbocycles. The molecule has 1 saturated carbocycles. The minimum atomic E-state index is -0.257. The Morgan fingerprint density at radius 1 is 1.53 bits per heavy atom. The smallest absolute Gasteiger partial charge is 0.354 e. The third kappa shape index (κ3) is 2.09. The monoisotopic (exact) mass is 271 g/mol. The Morgan fingerprint density at radius 2 is 2.20 bits per heavy atom. The fraction of sp³-hybridized carbons (Fsp3) is 0.545. The summed E-state index contributed by atoms with van der Waals surface area (Å²) in [6, 6.07) is 2.29. The maximum atomic E-state index is 11.5. The summed E-state index contributed by atoms with van der Waals surface area (Å²) in [6.07, 6.45) is 6.79. The van der Waals surface area contributed by atoms with Crippen LogP contribution in [0.1, 0.15) is 42.2 Å². The van der Waals surface area contributed by atoms with Crippen LogP contribution in [0.5, 0.6) is 0 Å². The van der Waals surface area contributed by atoms with Crippen molar-refractivity contribution in [2.45, 2.75) is 31.7 Å². The number of methoxy groups -OCH3 is 1. The van der Waals surface area contributed by atoms with E-state index in [1.807, 2.05) is 16.8 Å². The highest BCUT2D eigenvalue weighted by molar-refractivity contribution is 9.10. The van der Waals surface area contributed by atoms with Crippen molar-refractivity contribution in [1.29, 1.82) is 0 Å². The first-order chi connectivity index (χ1) is 7.22. The highest BCUT2D eigenvalue weighted by atomic mass is 79.9. The molecule has 0 atom stereocenters. The van der Waals surface area contributed by atoms with Crippen LogP contribution in [-0.4, -0.2) is 17.6 Å². The highest BCUT2D eigenvalue weighted by Crippen LogP contribution is 2.32. The van der Waals surface area contributed by atoms with E-state index in [-0.39, 0.29) is 5.97 Å². The van der Waals surface area contributed by atoms with Crippen LogP contribution in [0.3, 0.4) is 0 Å². The molecule has 0 aliphatic heterocycles. The van der Waals surface area contributed by atoms with Gasteiger partial charge >= 0.3 is 5.97 Å². The summed E-state index contributed by atoms with van der Waals surface area (Å²) in [5, 5.41) is 0. The molecule has 0 aromatic carbocycles. The standard InChI is InChI=1S/C11H14BrNO2/c1-15-11(14)10-6-8(12)7-13(10)9-4-2-3-5-9/h6-7,9H,2-5H2,1H3. The van der Waals surface area contributed by atoms with Gasteiger partial charge in [0.05, 0.1) is 7.11 Å². The predicted molar refractivity (Wildman–Crippen MR) is 61.0 cm³/mol. The van der Waals surface area contributed by atoms with E-state index >= 15 is 0 Å². The number of ether oxygens (including phenoxy) is 1. The van der Waals surface area contributed by atoms with E-state index in [9.17, 15) is 4.79 Å². The van der Waals surface area contributed by atoms with Gasteiger partial charge in [-0.3, -0.25) is 0 Å². The zero-order valence-electron chi connectivity index (χ0n) is 8.70. The van der Waals surface area contributed by atoms with Crippen LogP contribution in [0, 0.1) is 0 Å². The molecule has 0 spiro atoms. The summed E-state index contributed by atoms with van der Waals surface area (Å²) >= 11 is 3.40. The molecule has 0 radical (unpaired) electrons. The van der Waals surface area contributed by atoms with E-state index in [0.717, 1.165) is 17.3 Å². The molecule has 15 heavy (non-hydrogen) atoms. The van der Waals surface area contributed by atoms with Crippen LogP contribution in [0.4, 0.5) is 0 Å². The lowest BCUT2D eigenvalue weighted by atomic mass is 10.2. The van der Waals surface area contributed by atoms with E-state index in [2.05, 4.69) is 15.9 Å². The fourth-order valence-corrected chi connectivity index (χ4v) is 2.64. The molecule has 0 unspecified atom stereocenters. The molecule has 0 bridgehead atoms. The largest absolute Gasteiger partial charge is 0.464 e. The van der Waals surface area contributed by atoms with Crippen LogP contribution in [0.15, 0.2) is 16.7 Å². The fourth-order valence-electron chi connectivity index (χ4n) is 2.20. The van der Waals surface area contributed by atoms with Crippen molar-refractivity contribution >= 4 is 21.9 Å². The molecule has 0 saturated heterocycles. The van der Waals surface area contributed by atoms with Gasteiger partial charge in [0, 0.05) is 16.7 Å².